The number of nitrogens with zero attached hydrogens (tertiary/aromatic N) is 2. The second-order valence-corrected chi connectivity index (χ2v) is 5.10. The zero-order chi connectivity index (χ0) is 10.2. The summed E-state index contributed by atoms with van der Waals surface area (Å²) < 4.78 is 0. The van der Waals surface area contributed by atoms with Crippen LogP contribution in [0.2, 0.25) is 0 Å². The molecule has 0 aromatic heterocycles. The topological polar surface area (TPSA) is 27.6 Å². The van der Waals surface area contributed by atoms with E-state index in [0.717, 1.165) is 25.0 Å². The summed E-state index contributed by atoms with van der Waals surface area (Å²) in [5.41, 5.74) is 0.227. The van der Waals surface area contributed by atoms with E-state index in [1.54, 1.807) is 0 Å². The highest BCUT2D eigenvalue weighted by Crippen LogP contribution is 2.39. The van der Waals surface area contributed by atoms with Crippen molar-refractivity contribution in [1.82, 2.24) is 10.2 Å². The van der Waals surface area contributed by atoms with Gasteiger partial charge in [-0.15, -0.1) is 0 Å². The zero-order valence-corrected chi connectivity index (χ0v) is 9.51. The molecule has 0 unspecified atom stereocenters. The van der Waals surface area contributed by atoms with Gasteiger partial charge in [0.2, 0.25) is 0 Å². The molecule has 1 aliphatic carbocycles. The first kappa shape index (κ1) is 9.81. The van der Waals surface area contributed by atoms with Gasteiger partial charge in [0.15, 0.2) is 5.96 Å². The van der Waals surface area contributed by atoms with Gasteiger partial charge in [0.05, 0.1) is 0 Å². The van der Waals surface area contributed by atoms with Crippen LogP contribution in [-0.2, 0) is 0 Å². The Morgan fingerprint density at radius 3 is 2.71 bits per heavy atom. The summed E-state index contributed by atoms with van der Waals surface area (Å²) in [7, 11) is 2.12. The van der Waals surface area contributed by atoms with E-state index in [4.69, 9.17) is 0 Å². The molecule has 0 amide bonds. The van der Waals surface area contributed by atoms with Crippen molar-refractivity contribution in [3.05, 3.63) is 0 Å². The number of rotatable bonds is 2. The maximum Gasteiger partial charge on any atom is 0.194 e. The summed E-state index contributed by atoms with van der Waals surface area (Å²) in [6, 6.07) is 0. The van der Waals surface area contributed by atoms with E-state index >= 15 is 0 Å². The van der Waals surface area contributed by atoms with Gasteiger partial charge >= 0.3 is 0 Å². The van der Waals surface area contributed by atoms with Crippen molar-refractivity contribution >= 4 is 5.96 Å². The molecule has 1 fully saturated rings. The Hall–Kier alpha value is -0.730. The molecular formula is C11H21N3. The lowest BCUT2D eigenvalue weighted by Gasteiger charge is -2.34. The molecule has 0 atom stereocenters. The molecule has 0 aromatic carbocycles. The highest BCUT2D eigenvalue weighted by atomic mass is 15.3. The van der Waals surface area contributed by atoms with Crippen molar-refractivity contribution in [2.24, 2.45) is 10.9 Å². The predicted molar refractivity (Wildman–Crippen MR) is 59.5 cm³/mol. The van der Waals surface area contributed by atoms with Crippen LogP contribution >= 0.6 is 0 Å². The van der Waals surface area contributed by atoms with Crippen molar-refractivity contribution in [3.63, 3.8) is 0 Å². The average molecular weight is 195 g/mol. The second kappa shape index (κ2) is 3.44. The Balaban J connectivity index is 1.98. The van der Waals surface area contributed by atoms with Gasteiger partial charge in [-0.2, -0.15) is 0 Å². The van der Waals surface area contributed by atoms with Gasteiger partial charge in [-0.25, -0.2) is 0 Å². The van der Waals surface area contributed by atoms with E-state index in [1.807, 2.05) is 0 Å². The third kappa shape index (κ3) is 2.02. The molecule has 3 nitrogen and oxygen atoms in total. The van der Waals surface area contributed by atoms with Crippen LogP contribution in [0.25, 0.3) is 0 Å². The first-order valence-electron chi connectivity index (χ1n) is 5.63. The molecule has 2 rings (SSSR count). The molecule has 0 radical (unpaired) electrons. The van der Waals surface area contributed by atoms with Gasteiger partial charge in [-0.3, -0.25) is 4.99 Å². The number of nitrogens with one attached hydrogen (secondary N) is 1. The predicted octanol–water partition coefficient (Wildman–Crippen LogP) is 1.46. The fourth-order valence-corrected chi connectivity index (χ4v) is 2.05. The Labute approximate surface area is 86.6 Å². The summed E-state index contributed by atoms with van der Waals surface area (Å²) >= 11 is 0. The third-order valence-electron chi connectivity index (χ3n) is 3.31. The average Bonchev–Trinajstić information content (AvgIpc) is 2.91. The number of aliphatic imine (C=N–C) groups is 1. The minimum absolute atomic E-state index is 0.227. The van der Waals surface area contributed by atoms with Crippen molar-refractivity contribution < 1.29 is 0 Å². The molecular weight excluding hydrogens is 174 g/mol. The Bertz CT molecular complexity index is 241. The molecule has 1 heterocycles. The van der Waals surface area contributed by atoms with Gasteiger partial charge in [-0.1, -0.05) is 0 Å². The van der Waals surface area contributed by atoms with Gasteiger partial charge in [0.1, 0.15) is 0 Å². The van der Waals surface area contributed by atoms with E-state index in [2.05, 4.69) is 36.1 Å². The lowest BCUT2D eigenvalue weighted by atomic mass is 9.99. The molecule has 1 aliphatic heterocycles. The second-order valence-electron chi connectivity index (χ2n) is 5.10. The summed E-state index contributed by atoms with van der Waals surface area (Å²) in [6.45, 7) is 6.69. The molecule has 14 heavy (non-hydrogen) atoms. The van der Waals surface area contributed by atoms with Gasteiger partial charge in [0, 0.05) is 25.7 Å². The van der Waals surface area contributed by atoms with E-state index < -0.39 is 0 Å². The molecule has 3 heteroatoms. The third-order valence-corrected chi connectivity index (χ3v) is 3.31. The Kier molecular flexibility index (Phi) is 2.41. The van der Waals surface area contributed by atoms with Crippen molar-refractivity contribution in [2.45, 2.75) is 38.6 Å². The van der Waals surface area contributed by atoms with Crippen LogP contribution in [-0.4, -0.2) is 36.5 Å². The summed E-state index contributed by atoms with van der Waals surface area (Å²) in [5.74, 6) is 1.94. The fraction of sp³-hybridized carbons (Fsp3) is 0.909. The highest BCUT2D eigenvalue weighted by molar-refractivity contribution is 5.81. The quantitative estimate of drug-likeness (QED) is 0.722. The molecule has 80 valence electrons. The zero-order valence-electron chi connectivity index (χ0n) is 9.51. The lowest BCUT2D eigenvalue weighted by Crippen LogP contribution is -2.52. The van der Waals surface area contributed by atoms with Crippen molar-refractivity contribution in [1.29, 1.82) is 0 Å². The van der Waals surface area contributed by atoms with Crippen LogP contribution in [0, 0.1) is 5.92 Å². The van der Waals surface area contributed by atoms with E-state index in [-0.39, 0.29) is 5.54 Å². The standard InChI is InChI=1S/C11H21N3/c1-11(2,9-5-6-9)13-10-12-7-4-8-14(10)3/h9H,4-8H2,1-3H3,(H,12,13). The molecule has 0 saturated heterocycles. The monoisotopic (exact) mass is 195 g/mol. The fourth-order valence-electron chi connectivity index (χ4n) is 2.05. The van der Waals surface area contributed by atoms with Crippen LogP contribution in [0.15, 0.2) is 4.99 Å². The first-order valence-corrected chi connectivity index (χ1v) is 5.63. The molecule has 1 N–H and O–H groups in total. The summed E-state index contributed by atoms with van der Waals surface area (Å²) in [4.78, 5) is 6.77. The first-order chi connectivity index (χ1) is 6.59. The molecule has 0 bridgehead atoms. The Morgan fingerprint density at radius 1 is 1.43 bits per heavy atom. The van der Waals surface area contributed by atoms with Gasteiger partial charge in [0.25, 0.3) is 0 Å². The van der Waals surface area contributed by atoms with Crippen LogP contribution in [0.1, 0.15) is 33.1 Å². The maximum absolute atomic E-state index is 4.54. The Morgan fingerprint density at radius 2 is 2.14 bits per heavy atom. The lowest BCUT2D eigenvalue weighted by molar-refractivity contribution is 0.358. The molecule has 0 spiro atoms. The van der Waals surface area contributed by atoms with Crippen LogP contribution in [0.5, 0.6) is 0 Å². The number of hydrogen-bond donors (Lipinski definition) is 1. The van der Waals surface area contributed by atoms with Gasteiger partial charge < -0.3 is 10.2 Å². The van der Waals surface area contributed by atoms with E-state index in [0.29, 0.717) is 0 Å². The largest absolute Gasteiger partial charge is 0.351 e. The summed E-state index contributed by atoms with van der Waals surface area (Å²) in [6.07, 6.45) is 3.93. The van der Waals surface area contributed by atoms with E-state index in [9.17, 15) is 0 Å². The smallest absolute Gasteiger partial charge is 0.194 e. The SMILES string of the molecule is CN1CCCN=C1NC(C)(C)C1CC1. The minimum atomic E-state index is 0.227. The van der Waals surface area contributed by atoms with E-state index in [1.165, 1.54) is 19.3 Å². The number of hydrogen-bond acceptors (Lipinski definition) is 3. The molecule has 2 aliphatic rings. The highest BCUT2D eigenvalue weighted by Gasteiger charge is 2.38. The van der Waals surface area contributed by atoms with Crippen molar-refractivity contribution in [2.75, 3.05) is 20.1 Å². The maximum atomic E-state index is 4.54. The molecule has 1 saturated carbocycles. The summed E-state index contributed by atoms with van der Waals surface area (Å²) in [5, 5.41) is 3.58. The van der Waals surface area contributed by atoms with Gasteiger partial charge in [-0.05, 0) is 39.0 Å². The van der Waals surface area contributed by atoms with Crippen LogP contribution < -0.4 is 5.32 Å². The number of guanidine groups is 1. The van der Waals surface area contributed by atoms with Crippen molar-refractivity contribution in [3.8, 4) is 0 Å². The van der Waals surface area contributed by atoms with Crippen LogP contribution in [0.3, 0.4) is 0 Å². The molecule has 0 aromatic rings. The minimum Gasteiger partial charge on any atom is -0.351 e. The normalized spacial score (nSPS) is 23.4. The van der Waals surface area contributed by atoms with Crippen LogP contribution in [0.4, 0.5) is 0 Å².